The first-order valence-corrected chi connectivity index (χ1v) is 8.95. The van der Waals surface area contributed by atoms with Crippen molar-refractivity contribution in [1.82, 2.24) is 20.1 Å². The lowest BCUT2D eigenvalue weighted by atomic mass is 9.87. The van der Waals surface area contributed by atoms with Gasteiger partial charge in [-0.15, -0.1) is 0 Å². The molecule has 2 amide bonds. The molecule has 2 saturated heterocycles. The quantitative estimate of drug-likeness (QED) is 0.896. The van der Waals surface area contributed by atoms with Crippen molar-refractivity contribution in [1.29, 1.82) is 0 Å². The second kappa shape index (κ2) is 7.94. The van der Waals surface area contributed by atoms with Gasteiger partial charge in [0.05, 0.1) is 12.1 Å². The summed E-state index contributed by atoms with van der Waals surface area (Å²) in [6.45, 7) is 5.46. The van der Waals surface area contributed by atoms with E-state index in [0.717, 1.165) is 45.4 Å². The lowest BCUT2D eigenvalue weighted by molar-refractivity contribution is -0.115. The van der Waals surface area contributed by atoms with Crippen molar-refractivity contribution in [2.45, 2.75) is 44.4 Å². The number of ether oxygens (including phenoxy) is 1. The van der Waals surface area contributed by atoms with Crippen LogP contribution in [0.1, 0.15) is 37.8 Å². The van der Waals surface area contributed by atoms with Crippen molar-refractivity contribution in [2.24, 2.45) is 0 Å². The summed E-state index contributed by atoms with van der Waals surface area (Å²) in [5.41, 5.74) is 1.27. The first kappa shape index (κ1) is 17.2. The maximum atomic E-state index is 12.1. The minimum Gasteiger partial charge on any atom is -0.378 e. The van der Waals surface area contributed by atoms with E-state index in [1.54, 1.807) is 7.11 Å². The second-order valence-corrected chi connectivity index (χ2v) is 6.65. The fourth-order valence-electron chi connectivity index (χ4n) is 3.79. The number of carbonyl (C=O) groups excluding carboxylic acids is 1. The molecule has 1 N–H and O–H groups in total. The van der Waals surface area contributed by atoms with Crippen molar-refractivity contribution in [2.75, 3.05) is 33.3 Å². The van der Waals surface area contributed by atoms with Crippen LogP contribution in [0, 0.1) is 0 Å². The molecular formula is C18H28N4O2. The fraction of sp³-hybridized carbons (Fsp3) is 0.667. The molecular weight excluding hydrogens is 304 g/mol. The van der Waals surface area contributed by atoms with Crippen LogP contribution in [0.15, 0.2) is 24.5 Å². The van der Waals surface area contributed by atoms with Crippen LogP contribution in [0.25, 0.3) is 0 Å². The number of pyridine rings is 1. The lowest BCUT2D eigenvalue weighted by Gasteiger charge is -2.53. The smallest absolute Gasteiger partial charge is 0.317 e. The van der Waals surface area contributed by atoms with Gasteiger partial charge < -0.3 is 15.0 Å². The largest absolute Gasteiger partial charge is 0.378 e. The van der Waals surface area contributed by atoms with E-state index in [2.05, 4.69) is 34.3 Å². The molecule has 0 saturated carbocycles. The summed E-state index contributed by atoms with van der Waals surface area (Å²) in [4.78, 5) is 20.7. The number of nitrogens with zero attached hydrogens (tertiary/aromatic N) is 3. The topological polar surface area (TPSA) is 57.7 Å². The van der Waals surface area contributed by atoms with Gasteiger partial charge in [-0.2, -0.15) is 0 Å². The van der Waals surface area contributed by atoms with E-state index in [0.29, 0.717) is 12.1 Å². The minimum atomic E-state index is 0.0827. The number of nitrogens with one attached hydrogen (secondary N) is 1. The van der Waals surface area contributed by atoms with E-state index in [9.17, 15) is 4.79 Å². The molecule has 0 unspecified atom stereocenters. The van der Waals surface area contributed by atoms with Gasteiger partial charge in [-0.3, -0.25) is 9.88 Å². The van der Waals surface area contributed by atoms with Crippen molar-refractivity contribution in [3.63, 3.8) is 0 Å². The Morgan fingerprint density at radius 1 is 1.33 bits per heavy atom. The standard InChI is InChI=1S/C18H28N4O2/c1-3-8-20-18(23)21-11-6-15(7-12-21)22-13-16(24-2)17(22)14-4-9-19-10-5-14/h4-5,9-10,15-17H,3,6-8,11-13H2,1-2H3,(H,20,23)/t16-,17-/m0/s1. The fourth-order valence-corrected chi connectivity index (χ4v) is 3.79. The maximum absolute atomic E-state index is 12.1. The average Bonchev–Trinajstić information content (AvgIpc) is 2.60. The van der Waals surface area contributed by atoms with Gasteiger partial charge in [0.1, 0.15) is 0 Å². The molecule has 2 fully saturated rings. The van der Waals surface area contributed by atoms with Crippen molar-refractivity contribution in [3.05, 3.63) is 30.1 Å². The van der Waals surface area contributed by atoms with Crippen LogP contribution in [0.5, 0.6) is 0 Å². The first-order chi connectivity index (χ1) is 11.7. The molecule has 3 rings (SSSR count). The van der Waals surface area contributed by atoms with Crippen molar-refractivity contribution >= 4 is 6.03 Å². The molecule has 0 bridgehead atoms. The van der Waals surface area contributed by atoms with Crippen LogP contribution in [0.2, 0.25) is 0 Å². The lowest BCUT2D eigenvalue weighted by Crippen LogP contribution is -2.60. The molecule has 2 atom stereocenters. The normalized spacial score (nSPS) is 25.3. The highest BCUT2D eigenvalue weighted by molar-refractivity contribution is 5.74. The van der Waals surface area contributed by atoms with E-state index in [4.69, 9.17) is 4.74 Å². The Hall–Kier alpha value is -1.66. The molecule has 6 nitrogen and oxygen atoms in total. The molecule has 2 aliphatic rings. The summed E-state index contributed by atoms with van der Waals surface area (Å²) >= 11 is 0. The number of likely N-dealkylation sites (tertiary alicyclic amines) is 2. The van der Waals surface area contributed by atoms with E-state index in [-0.39, 0.29) is 12.1 Å². The van der Waals surface area contributed by atoms with Gasteiger partial charge >= 0.3 is 6.03 Å². The number of amides is 2. The molecule has 3 heterocycles. The zero-order valence-electron chi connectivity index (χ0n) is 14.6. The van der Waals surface area contributed by atoms with Gasteiger partial charge in [-0.25, -0.2) is 4.79 Å². The van der Waals surface area contributed by atoms with Crippen LogP contribution < -0.4 is 5.32 Å². The summed E-state index contributed by atoms with van der Waals surface area (Å²) < 4.78 is 5.64. The highest BCUT2D eigenvalue weighted by Crippen LogP contribution is 2.39. The summed E-state index contributed by atoms with van der Waals surface area (Å²) in [7, 11) is 1.79. The zero-order valence-corrected chi connectivity index (χ0v) is 14.6. The van der Waals surface area contributed by atoms with E-state index < -0.39 is 0 Å². The molecule has 1 aromatic rings. The van der Waals surface area contributed by atoms with E-state index in [1.807, 2.05) is 17.3 Å². The summed E-state index contributed by atoms with van der Waals surface area (Å²) in [5, 5.41) is 2.97. The number of piperidine rings is 1. The Morgan fingerprint density at radius 3 is 2.67 bits per heavy atom. The summed E-state index contributed by atoms with van der Waals surface area (Å²) in [6, 6.07) is 5.07. The molecule has 24 heavy (non-hydrogen) atoms. The van der Waals surface area contributed by atoms with Gasteiger partial charge in [0, 0.05) is 51.7 Å². The Labute approximate surface area is 144 Å². The third kappa shape index (κ3) is 3.54. The molecule has 0 aliphatic carbocycles. The Morgan fingerprint density at radius 2 is 2.04 bits per heavy atom. The Balaban J connectivity index is 1.57. The van der Waals surface area contributed by atoms with Gasteiger partial charge in [-0.1, -0.05) is 6.92 Å². The van der Waals surface area contributed by atoms with Crippen LogP contribution in [-0.4, -0.2) is 66.2 Å². The first-order valence-electron chi connectivity index (χ1n) is 8.95. The minimum absolute atomic E-state index is 0.0827. The maximum Gasteiger partial charge on any atom is 0.317 e. The predicted octanol–water partition coefficient (Wildman–Crippen LogP) is 2.04. The molecule has 0 spiro atoms. The molecule has 0 radical (unpaired) electrons. The Bertz CT molecular complexity index is 531. The third-order valence-corrected chi connectivity index (χ3v) is 5.20. The SMILES string of the molecule is CCCNC(=O)N1CCC(N2C[C@H](OC)[C@@H]2c2ccncc2)CC1. The number of methoxy groups -OCH3 is 1. The van der Waals surface area contributed by atoms with Crippen LogP contribution in [-0.2, 0) is 4.74 Å². The number of hydrogen-bond acceptors (Lipinski definition) is 4. The van der Waals surface area contributed by atoms with Gasteiger partial charge in [0.15, 0.2) is 0 Å². The van der Waals surface area contributed by atoms with E-state index >= 15 is 0 Å². The Kier molecular flexibility index (Phi) is 5.68. The highest BCUT2D eigenvalue weighted by atomic mass is 16.5. The summed E-state index contributed by atoms with van der Waals surface area (Å²) in [5.74, 6) is 0. The number of aromatic nitrogens is 1. The molecule has 1 aromatic heterocycles. The van der Waals surface area contributed by atoms with Gasteiger partial charge in [0.2, 0.25) is 0 Å². The number of urea groups is 1. The molecule has 132 valence electrons. The van der Waals surface area contributed by atoms with Crippen LogP contribution >= 0.6 is 0 Å². The van der Waals surface area contributed by atoms with Crippen LogP contribution in [0.3, 0.4) is 0 Å². The third-order valence-electron chi connectivity index (χ3n) is 5.20. The monoisotopic (exact) mass is 332 g/mol. The average molecular weight is 332 g/mol. The van der Waals surface area contributed by atoms with Gasteiger partial charge in [0.25, 0.3) is 0 Å². The van der Waals surface area contributed by atoms with Gasteiger partial charge in [-0.05, 0) is 37.0 Å². The predicted molar refractivity (Wildman–Crippen MR) is 92.8 cm³/mol. The van der Waals surface area contributed by atoms with Crippen LogP contribution in [0.4, 0.5) is 4.79 Å². The molecule has 2 aliphatic heterocycles. The second-order valence-electron chi connectivity index (χ2n) is 6.65. The zero-order chi connectivity index (χ0) is 16.9. The van der Waals surface area contributed by atoms with Crippen molar-refractivity contribution in [3.8, 4) is 0 Å². The number of rotatable bonds is 5. The highest BCUT2D eigenvalue weighted by Gasteiger charge is 2.44. The molecule has 0 aromatic carbocycles. The van der Waals surface area contributed by atoms with E-state index in [1.165, 1.54) is 5.56 Å². The summed E-state index contributed by atoms with van der Waals surface area (Å²) in [6.07, 6.45) is 6.97. The number of carbonyl (C=O) groups is 1. The molecule has 6 heteroatoms. The number of hydrogen-bond donors (Lipinski definition) is 1. The van der Waals surface area contributed by atoms with Crippen molar-refractivity contribution < 1.29 is 9.53 Å².